The fourth-order valence-electron chi connectivity index (χ4n) is 1.95. The van der Waals surface area contributed by atoms with Gasteiger partial charge in [0, 0.05) is 6.54 Å². The second-order valence-corrected chi connectivity index (χ2v) is 4.40. The first-order valence-electron chi connectivity index (χ1n) is 5.45. The third kappa shape index (κ3) is 2.64. The molecule has 0 aromatic heterocycles. The van der Waals surface area contributed by atoms with Gasteiger partial charge in [-0.2, -0.15) is 0 Å². The monoisotopic (exact) mass is 225 g/mol. The third-order valence-electron chi connectivity index (χ3n) is 2.83. The Bertz CT molecular complexity index is 334. The Hall–Kier alpha value is -0.730. The van der Waals surface area contributed by atoms with Crippen molar-refractivity contribution in [2.45, 2.75) is 38.3 Å². The highest BCUT2D eigenvalue weighted by Crippen LogP contribution is 2.30. The number of ether oxygens (including phenoxy) is 1. The summed E-state index contributed by atoms with van der Waals surface area (Å²) in [5.41, 5.74) is 6.57. The maximum Gasteiger partial charge on any atom is 0.138 e. The van der Waals surface area contributed by atoms with Gasteiger partial charge in [0.25, 0.3) is 0 Å². The van der Waals surface area contributed by atoms with Crippen LogP contribution in [0, 0.1) is 0 Å². The zero-order valence-electron chi connectivity index (χ0n) is 8.71. The average molecular weight is 226 g/mol. The molecule has 1 aliphatic rings. The van der Waals surface area contributed by atoms with Crippen LogP contribution in [-0.4, -0.2) is 6.10 Å². The van der Waals surface area contributed by atoms with Crippen molar-refractivity contribution in [3.8, 4) is 5.75 Å². The van der Waals surface area contributed by atoms with Gasteiger partial charge in [-0.05, 0) is 43.4 Å². The summed E-state index contributed by atoms with van der Waals surface area (Å²) in [6.07, 6.45) is 5.18. The summed E-state index contributed by atoms with van der Waals surface area (Å²) in [5, 5.41) is 0.671. The molecule has 0 unspecified atom stereocenters. The smallest absolute Gasteiger partial charge is 0.138 e. The molecule has 0 atom stereocenters. The average Bonchev–Trinajstić information content (AvgIpc) is 2.74. The highest BCUT2D eigenvalue weighted by Gasteiger charge is 2.17. The molecular weight excluding hydrogens is 210 g/mol. The summed E-state index contributed by atoms with van der Waals surface area (Å²) in [7, 11) is 0. The number of benzene rings is 1. The number of nitrogens with two attached hydrogens (primary N) is 1. The highest BCUT2D eigenvalue weighted by atomic mass is 35.5. The molecule has 1 aromatic rings. The van der Waals surface area contributed by atoms with E-state index in [0.717, 1.165) is 24.2 Å². The first kappa shape index (κ1) is 10.8. The van der Waals surface area contributed by atoms with E-state index in [0.29, 0.717) is 17.7 Å². The van der Waals surface area contributed by atoms with E-state index in [4.69, 9.17) is 22.1 Å². The van der Waals surface area contributed by atoms with Gasteiger partial charge >= 0.3 is 0 Å². The zero-order valence-corrected chi connectivity index (χ0v) is 9.46. The van der Waals surface area contributed by atoms with Crippen molar-refractivity contribution in [2.24, 2.45) is 5.73 Å². The van der Waals surface area contributed by atoms with Crippen molar-refractivity contribution < 1.29 is 4.74 Å². The Balaban J connectivity index is 2.07. The number of hydrogen-bond acceptors (Lipinski definition) is 2. The maximum atomic E-state index is 6.11. The minimum absolute atomic E-state index is 0.353. The van der Waals surface area contributed by atoms with E-state index >= 15 is 0 Å². The summed E-state index contributed by atoms with van der Waals surface area (Å²) in [6, 6.07) is 5.77. The number of halogens is 1. The summed E-state index contributed by atoms with van der Waals surface area (Å²) >= 11 is 6.11. The van der Waals surface area contributed by atoms with E-state index in [1.165, 1.54) is 12.8 Å². The van der Waals surface area contributed by atoms with Crippen LogP contribution in [0.1, 0.15) is 31.2 Å². The fourth-order valence-corrected chi connectivity index (χ4v) is 2.20. The molecule has 0 spiro atoms. The summed E-state index contributed by atoms with van der Waals surface area (Å²) in [5.74, 6) is 0.792. The predicted molar refractivity (Wildman–Crippen MR) is 62.2 cm³/mol. The van der Waals surface area contributed by atoms with E-state index in [2.05, 4.69) is 0 Å². The summed E-state index contributed by atoms with van der Waals surface area (Å²) in [6.45, 7) is 0.517. The Labute approximate surface area is 95.4 Å². The molecule has 0 saturated heterocycles. The van der Waals surface area contributed by atoms with E-state index < -0.39 is 0 Å². The van der Waals surface area contributed by atoms with Crippen LogP contribution in [0.25, 0.3) is 0 Å². The van der Waals surface area contributed by atoms with Crippen molar-refractivity contribution in [3.05, 3.63) is 28.8 Å². The van der Waals surface area contributed by atoms with Crippen LogP contribution in [0.5, 0.6) is 5.75 Å². The van der Waals surface area contributed by atoms with Gasteiger partial charge in [0.2, 0.25) is 0 Å². The largest absolute Gasteiger partial charge is 0.489 e. The Morgan fingerprint density at radius 1 is 1.33 bits per heavy atom. The highest BCUT2D eigenvalue weighted by molar-refractivity contribution is 6.32. The molecule has 0 amide bonds. The van der Waals surface area contributed by atoms with Crippen LogP contribution in [-0.2, 0) is 6.54 Å². The van der Waals surface area contributed by atoms with Crippen LogP contribution in [0.2, 0.25) is 5.02 Å². The first-order valence-corrected chi connectivity index (χ1v) is 5.82. The standard InChI is InChI=1S/C12H16ClNO/c13-11-7-9(8-14)5-6-12(11)15-10-3-1-2-4-10/h5-7,10H,1-4,8,14H2. The molecule has 1 fully saturated rings. The van der Waals surface area contributed by atoms with Crippen molar-refractivity contribution in [1.82, 2.24) is 0 Å². The van der Waals surface area contributed by atoms with Gasteiger partial charge < -0.3 is 10.5 Å². The Morgan fingerprint density at radius 3 is 2.67 bits per heavy atom. The van der Waals surface area contributed by atoms with E-state index in [1.807, 2.05) is 18.2 Å². The molecular formula is C12H16ClNO. The minimum Gasteiger partial charge on any atom is -0.489 e. The van der Waals surface area contributed by atoms with Gasteiger partial charge in [-0.25, -0.2) is 0 Å². The molecule has 1 aromatic carbocycles. The lowest BCUT2D eigenvalue weighted by Crippen LogP contribution is -2.11. The van der Waals surface area contributed by atoms with Crippen molar-refractivity contribution in [2.75, 3.05) is 0 Å². The van der Waals surface area contributed by atoms with E-state index in [1.54, 1.807) is 0 Å². The van der Waals surface area contributed by atoms with Gasteiger partial charge in [0.05, 0.1) is 11.1 Å². The summed E-state index contributed by atoms with van der Waals surface area (Å²) in [4.78, 5) is 0. The van der Waals surface area contributed by atoms with Gasteiger partial charge in [0.15, 0.2) is 0 Å². The second-order valence-electron chi connectivity index (χ2n) is 3.99. The van der Waals surface area contributed by atoms with Crippen LogP contribution in [0.15, 0.2) is 18.2 Å². The van der Waals surface area contributed by atoms with Gasteiger partial charge in [0.1, 0.15) is 5.75 Å². The molecule has 0 bridgehead atoms. The van der Waals surface area contributed by atoms with Crippen LogP contribution >= 0.6 is 11.6 Å². The Morgan fingerprint density at radius 2 is 2.07 bits per heavy atom. The number of hydrogen-bond donors (Lipinski definition) is 1. The maximum absolute atomic E-state index is 6.11. The number of rotatable bonds is 3. The van der Waals surface area contributed by atoms with Crippen molar-refractivity contribution >= 4 is 11.6 Å². The zero-order chi connectivity index (χ0) is 10.7. The van der Waals surface area contributed by atoms with Crippen LogP contribution in [0.4, 0.5) is 0 Å². The molecule has 1 aliphatic carbocycles. The molecule has 1 saturated carbocycles. The fraction of sp³-hybridized carbons (Fsp3) is 0.500. The third-order valence-corrected chi connectivity index (χ3v) is 3.12. The van der Waals surface area contributed by atoms with Crippen molar-refractivity contribution in [1.29, 1.82) is 0 Å². The molecule has 82 valence electrons. The molecule has 0 radical (unpaired) electrons. The molecule has 0 aliphatic heterocycles. The second kappa shape index (κ2) is 4.86. The van der Waals surface area contributed by atoms with Crippen LogP contribution < -0.4 is 10.5 Å². The lowest BCUT2D eigenvalue weighted by molar-refractivity contribution is 0.210. The van der Waals surface area contributed by atoms with Crippen LogP contribution in [0.3, 0.4) is 0 Å². The lowest BCUT2D eigenvalue weighted by atomic mass is 10.2. The molecule has 2 N–H and O–H groups in total. The van der Waals surface area contributed by atoms with Gasteiger partial charge in [-0.15, -0.1) is 0 Å². The predicted octanol–water partition coefficient (Wildman–Crippen LogP) is 3.12. The Kier molecular flexibility index (Phi) is 3.49. The van der Waals surface area contributed by atoms with Crippen molar-refractivity contribution in [3.63, 3.8) is 0 Å². The van der Waals surface area contributed by atoms with E-state index in [-0.39, 0.29) is 0 Å². The molecule has 15 heavy (non-hydrogen) atoms. The molecule has 0 heterocycles. The lowest BCUT2D eigenvalue weighted by Gasteiger charge is -2.14. The first-order chi connectivity index (χ1) is 7.29. The quantitative estimate of drug-likeness (QED) is 0.858. The molecule has 2 rings (SSSR count). The topological polar surface area (TPSA) is 35.2 Å². The molecule has 2 nitrogen and oxygen atoms in total. The normalized spacial score (nSPS) is 16.9. The summed E-state index contributed by atoms with van der Waals surface area (Å²) < 4.78 is 5.83. The van der Waals surface area contributed by atoms with Gasteiger partial charge in [-0.3, -0.25) is 0 Å². The molecule has 3 heteroatoms. The SMILES string of the molecule is NCc1ccc(OC2CCCC2)c(Cl)c1. The van der Waals surface area contributed by atoms with E-state index in [9.17, 15) is 0 Å². The van der Waals surface area contributed by atoms with Gasteiger partial charge in [-0.1, -0.05) is 17.7 Å². The minimum atomic E-state index is 0.353.